The maximum atomic E-state index is 12.3. The quantitative estimate of drug-likeness (QED) is 0.823. The third-order valence-corrected chi connectivity index (χ3v) is 3.76. The van der Waals surface area contributed by atoms with Gasteiger partial charge in [0.05, 0.1) is 13.0 Å². The fourth-order valence-corrected chi connectivity index (χ4v) is 2.57. The molecule has 2 atom stereocenters. The number of methoxy groups -OCH3 is 1. The molecule has 2 rings (SSSR count). The highest BCUT2D eigenvalue weighted by Crippen LogP contribution is 2.24. The SMILES string of the molecule is COc1ccc(NC(=O)C2CCCCCC2N)cc1. The van der Waals surface area contributed by atoms with Crippen LogP contribution in [0.4, 0.5) is 5.69 Å². The molecular weight excluding hydrogens is 240 g/mol. The number of hydrogen-bond donors (Lipinski definition) is 2. The van der Waals surface area contributed by atoms with Gasteiger partial charge in [0.1, 0.15) is 5.75 Å². The zero-order valence-corrected chi connectivity index (χ0v) is 11.4. The highest BCUT2D eigenvalue weighted by molar-refractivity contribution is 5.93. The van der Waals surface area contributed by atoms with E-state index in [1.54, 1.807) is 7.11 Å². The first kappa shape index (κ1) is 13.9. The zero-order valence-electron chi connectivity index (χ0n) is 11.4. The number of rotatable bonds is 3. The zero-order chi connectivity index (χ0) is 13.7. The fraction of sp³-hybridized carbons (Fsp3) is 0.533. The van der Waals surface area contributed by atoms with Gasteiger partial charge in [-0.15, -0.1) is 0 Å². The largest absolute Gasteiger partial charge is 0.497 e. The Morgan fingerprint density at radius 3 is 2.58 bits per heavy atom. The first-order valence-electron chi connectivity index (χ1n) is 6.91. The Hall–Kier alpha value is -1.55. The summed E-state index contributed by atoms with van der Waals surface area (Å²) >= 11 is 0. The summed E-state index contributed by atoms with van der Waals surface area (Å²) in [6, 6.07) is 7.35. The van der Waals surface area contributed by atoms with Crippen molar-refractivity contribution in [2.45, 2.75) is 38.1 Å². The lowest BCUT2D eigenvalue weighted by Crippen LogP contribution is -2.37. The van der Waals surface area contributed by atoms with Crippen LogP contribution in [0.15, 0.2) is 24.3 Å². The predicted octanol–water partition coefficient (Wildman–Crippen LogP) is 2.54. The van der Waals surface area contributed by atoms with Crippen LogP contribution < -0.4 is 15.8 Å². The number of carbonyl (C=O) groups excluding carboxylic acids is 1. The fourth-order valence-electron chi connectivity index (χ4n) is 2.57. The van der Waals surface area contributed by atoms with E-state index >= 15 is 0 Å². The van der Waals surface area contributed by atoms with Crippen molar-refractivity contribution in [1.82, 2.24) is 0 Å². The maximum absolute atomic E-state index is 12.3. The minimum absolute atomic E-state index is 0.0132. The van der Waals surface area contributed by atoms with Gasteiger partial charge in [0, 0.05) is 11.7 Å². The number of ether oxygens (including phenoxy) is 1. The van der Waals surface area contributed by atoms with Crippen LogP contribution in [0.2, 0.25) is 0 Å². The van der Waals surface area contributed by atoms with Crippen molar-refractivity contribution in [3.8, 4) is 5.75 Å². The molecule has 1 aromatic rings. The van der Waals surface area contributed by atoms with E-state index in [1.807, 2.05) is 24.3 Å². The molecule has 0 aliphatic heterocycles. The lowest BCUT2D eigenvalue weighted by Gasteiger charge is -2.20. The van der Waals surface area contributed by atoms with Crippen molar-refractivity contribution in [2.75, 3.05) is 12.4 Å². The topological polar surface area (TPSA) is 64.3 Å². The van der Waals surface area contributed by atoms with Gasteiger partial charge in [-0.3, -0.25) is 4.79 Å². The highest BCUT2D eigenvalue weighted by Gasteiger charge is 2.26. The lowest BCUT2D eigenvalue weighted by atomic mass is 9.94. The summed E-state index contributed by atoms with van der Waals surface area (Å²) in [6.07, 6.45) is 5.24. The average Bonchev–Trinajstić information content (AvgIpc) is 2.64. The van der Waals surface area contributed by atoms with Gasteiger partial charge in [0.25, 0.3) is 0 Å². The molecule has 1 aromatic carbocycles. The number of amides is 1. The Balaban J connectivity index is 1.98. The maximum Gasteiger partial charge on any atom is 0.229 e. The normalized spacial score (nSPS) is 23.5. The monoisotopic (exact) mass is 262 g/mol. The van der Waals surface area contributed by atoms with Gasteiger partial charge in [0.2, 0.25) is 5.91 Å². The van der Waals surface area contributed by atoms with Gasteiger partial charge in [-0.05, 0) is 37.1 Å². The number of nitrogens with one attached hydrogen (secondary N) is 1. The number of hydrogen-bond acceptors (Lipinski definition) is 3. The molecule has 1 aliphatic carbocycles. The Morgan fingerprint density at radius 1 is 1.21 bits per heavy atom. The second-order valence-corrected chi connectivity index (χ2v) is 5.13. The van der Waals surface area contributed by atoms with Crippen LogP contribution in [0.25, 0.3) is 0 Å². The molecule has 1 aliphatic rings. The standard InChI is InChI=1S/C15H22N2O2/c1-19-12-9-7-11(8-10-12)17-15(18)13-5-3-2-4-6-14(13)16/h7-10,13-14H,2-6,16H2,1H3,(H,17,18). The van der Waals surface area contributed by atoms with Crippen molar-refractivity contribution in [3.05, 3.63) is 24.3 Å². The molecule has 1 fully saturated rings. The molecule has 0 radical (unpaired) electrons. The van der Waals surface area contributed by atoms with E-state index in [9.17, 15) is 4.79 Å². The average molecular weight is 262 g/mol. The van der Waals surface area contributed by atoms with Crippen molar-refractivity contribution in [2.24, 2.45) is 11.7 Å². The van der Waals surface area contributed by atoms with E-state index < -0.39 is 0 Å². The van der Waals surface area contributed by atoms with Crippen LogP contribution >= 0.6 is 0 Å². The summed E-state index contributed by atoms with van der Waals surface area (Å²) in [6.45, 7) is 0. The van der Waals surface area contributed by atoms with E-state index in [-0.39, 0.29) is 17.9 Å². The summed E-state index contributed by atoms with van der Waals surface area (Å²) in [5.74, 6) is 0.758. The molecule has 104 valence electrons. The lowest BCUT2D eigenvalue weighted by molar-refractivity contribution is -0.120. The van der Waals surface area contributed by atoms with E-state index in [0.717, 1.165) is 37.1 Å². The number of nitrogens with two attached hydrogens (primary N) is 1. The van der Waals surface area contributed by atoms with Crippen LogP contribution in [0.5, 0.6) is 5.75 Å². The van der Waals surface area contributed by atoms with Crippen molar-refractivity contribution in [1.29, 1.82) is 0 Å². The first-order chi connectivity index (χ1) is 9.20. The van der Waals surface area contributed by atoms with Gasteiger partial charge in [-0.2, -0.15) is 0 Å². The third-order valence-electron chi connectivity index (χ3n) is 3.76. The van der Waals surface area contributed by atoms with E-state index in [4.69, 9.17) is 10.5 Å². The molecule has 1 amide bonds. The van der Waals surface area contributed by atoms with E-state index in [2.05, 4.69) is 5.32 Å². The van der Waals surface area contributed by atoms with Crippen LogP contribution in [-0.4, -0.2) is 19.1 Å². The predicted molar refractivity (Wildman–Crippen MR) is 76.2 cm³/mol. The van der Waals surface area contributed by atoms with Crippen molar-refractivity contribution < 1.29 is 9.53 Å². The molecular formula is C15H22N2O2. The molecule has 2 unspecified atom stereocenters. The first-order valence-corrected chi connectivity index (χ1v) is 6.91. The molecule has 4 nitrogen and oxygen atoms in total. The van der Waals surface area contributed by atoms with Crippen LogP contribution in [0.3, 0.4) is 0 Å². The molecule has 0 bridgehead atoms. The van der Waals surface area contributed by atoms with Crippen LogP contribution in [0, 0.1) is 5.92 Å². The van der Waals surface area contributed by atoms with Gasteiger partial charge < -0.3 is 15.8 Å². The highest BCUT2D eigenvalue weighted by atomic mass is 16.5. The molecule has 3 N–H and O–H groups in total. The summed E-state index contributed by atoms with van der Waals surface area (Å²) in [4.78, 5) is 12.3. The van der Waals surface area contributed by atoms with Crippen LogP contribution in [-0.2, 0) is 4.79 Å². The Labute approximate surface area is 114 Å². The molecule has 4 heteroatoms. The van der Waals surface area contributed by atoms with Crippen molar-refractivity contribution in [3.63, 3.8) is 0 Å². The van der Waals surface area contributed by atoms with Gasteiger partial charge in [-0.25, -0.2) is 0 Å². The molecule has 1 saturated carbocycles. The number of carbonyl (C=O) groups is 1. The molecule has 0 heterocycles. The molecule has 19 heavy (non-hydrogen) atoms. The molecule has 0 spiro atoms. The summed E-state index contributed by atoms with van der Waals surface area (Å²) in [7, 11) is 1.62. The van der Waals surface area contributed by atoms with Gasteiger partial charge in [0.15, 0.2) is 0 Å². The van der Waals surface area contributed by atoms with Crippen molar-refractivity contribution >= 4 is 11.6 Å². The Bertz CT molecular complexity index is 417. The Kier molecular flexibility index (Phi) is 4.80. The summed E-state index contributed by atoms with van der Waals surface area (Å²) in [5, 5.41) is 2.95. The number of anilines is 1. The Morgan fingerprint density at radius 2 is 1.89 bits per heavy atom. The smallest absolute Gasteiger partial charge is 0.229 e. The summed E-state index contributed by atoms with van der Waals surface area (Å²) in [5.41, 5.74) is 6.89. The van der Waals surface area contributed by atoms with E-state index in [0.29, 0.717) is 0 Å². The minimum atomic E-state index is -0.0652. The molecule has 0 aromatic heterocycles. The second-order valence-electron chi connectivity index (χ2n) is 5.13. The number of benzene rings is 1. The third kappa shape index (κ3) is 3.70. The van der Waals surface area contributed by atoms with Crippen LogP contribution in [0.1, 0.15) is 32.1 Å². The second kappa shape index (κ2) is 6.57. The van der Waals surface area contributed by atoms with Gasteiger partial charge >= 0.3 is 0 Å². The van der Waals surface area contributed by atoms with E-state index in [1.165, 1.54) is 6.42 Å². The minimum Gasteiger partial charge on any atom is -0.497 e. The van der Waals surface area contributed by atoms with Gasteiger partial charge in [-0.1, -0.05) is 19.3 Å². The molecule has 0 saturated heterocycles. The summed E-state index contributed by atoms with van der Waals surface area (Å²) < 4.78 is 5.09.